The quantitative estimate of drug-likeness (QED) is 0.502. The second-order valence-corrected chi connectivity index (χ2v) is 3.18. The van der Waals surface area contributed by atoms with Gasteiger partial charge in [-0.2, -0.15) is 0 Å². The summed E-state index contributed by atoms with van der Waals surface area (Å²) in [4.78, 5) is 11.0. The molecule has 0 rings (SSSR count). The fraction of sp³-hybridized carbons (Fsp3) is 0.900. The van der Waals surface area contributed by atoms with Crippen LogP contribution in [0.3, 0.4) is 0 Å². The van der Waals surface area contributed by atoms with Crippen LogP contribution < -0.4 is 11.1 Å². The lowest BCUT2D eigenvalue weighted by Crippen LogP contribution is -2.45. The number of rotatable bonds is 10. The summed E-state index contributed by atoms with van der Waals surface area (Å²) in [6.07, 6.45) is 0.961. The fourth-order valence-corrected chi connectivity index (χ4v) is 1.02. The third-order valence-corrected chi connectivity index (χ3v) is 1.84. The van der Waals surface area contributed by atoms with Gasteiger partial charge in [-0.1, -0.05) is 6.92 Å². The van der Waals surface area contributed by atoms with Crippen LogP contribution in [-0.4, -0.2) is 44.9 Å². The van der Waals surface area contributed by atoms with E-state index in [9.17, 15) is 4.79 Å². The van der Waals surface area contributed by atoms with Gasteiger partial charge in [-0.3, -0.25) is 4.79 Å². The van der Waals surface area contributed by atoms with Crippen molar-refractivity contribution in [3.8, 4) is 0 Å². The maximum atomic E-state index is 11.0. The van der Waals surface area contributed by atoms with Gasteiger partial charge in [0, 0.05) is 6.61 Å². The highest BCUT2D eigenvalue weighted by atomic mass is 16.5. The van der Waals surface area contributed by atoms with E-state index in [2.05, 4.69) is 5.32 Å². The van der Waals surface area contributed by atoms with E-state index in [1.54, 1.807) is 0 Å². The summed E-state index contributed by atoms with van der Waals surface area (Å²) in [6, 6.07) is -0.397. The molecular weight excluding hydrogens is 196 g/mol. The molecule has 0 aliphatic rings. The Morgan fingerprint density at radius 1 is 1.33 bits per heavy atom. The first-order chi connectivity index (χ1) is 7.22. The van der Waals surface area contributed by atoms with Gasteiger partial charge in [0.1, 0.15) is 6.04 Å². The predicted molar refractivity (Wildman–Crippen MR) is 58.6 cm³/mol. The molecule has 1 amide bonds. The summed E-state index contributed by atoms with van der Waals surface area (Å²) in [5, 5.41) is 3.02. The molecule has 0 aliphatic carbocycles. The smallest absolute Gasteiger partial charge is 0.236 e. The van der Waals surface area contributed by atoms with Crippen LogP contribution in [0.2, 0.25) is 0 Å². The lowest BCUT2D eigenvalue weighted by atomic mass is 10.3. The van der Waals surface area contributed by atoms with E-state index in [4.69, 9.17) is 15.2 Å². The summed E-state index contributed by atoms with van der Waals surface area (Å²) in [5.41, 5.74) is 5.21. The molecule has 90 valence electrons. The lowest BCUT2D eigenvalue weighted by molar-refractivity contribution is -0.121. The maximum Gasteiger partial charge on any atom is 0.236 e. The van der Waals surface area contributed by atoms with E-state index < -0.39 is 6.04 Å². The third-order valence-electron chi connectivity index (χ3n) is 1.84. The van der Waals surface area contributed by atoms with Crippen LogP contribution in [0, 0.1) is 0 Å². The summed E-state index contributed by atoms with van der Waals surface area (Å²) in [7, 11) is 0. The third kappa shape index (κ3) is 8.35. The summed E-state index contributed by atoms with van der Waals surface area (Å²) >= 11 is 0. The Labute approximate surface area is 91.3 Å². The highest BCUT2D eigenvalue weighted by Gasteiger charge is 2.13. The molecule has 0 saturated heterocycles. The Morgan fingerprint density at radius 2 is 2.00 bits per heavy atom. The minimum Gasteiger partial charge on any atom is -0.379 e. The summed E-state index contributed by atoms with van der Waals surface area (Å²) in [5.74, 6) is -0.375. The van der Waals surface area contributed by atoms with Crippen LogP contribution in [0.1, 0.15) is 20.3 Å². The fourth-order valence-electron chi connectivity index (χ4n) is 1.02. The van der Waals surface area contributed by atoms with E-state index in [1.807, 2.05) is 13.8 Å². The number of nitrogens with two attached hydrogens (primary N) is 1. The molecule has 1 unspecified atom stereocenters. The van der Waals surface area contributed by atoms with Crippen molar-refractivity contribution in [2.75, 3.05) is 33.0 Å². The number of amides is 1. The van der Waals surface area contributed by atoms with Crippen molar-refractivity contribution in [1.82, 2.24) is 5.32 Å². The molecule has 0 aromatic heterocycles. The number of hydrogen-bond donors (Lipinski definition) is 2. The first-order valence-corrected chi connectivity index (χ1v) is 5.40. The van der Waals surface area contributed by atoms with Gasteiger partial charge in [-0.25, -0.2) is 0 Å². The van der Waals surface area contributed by atoms with Crippen molar-refractivity contribution in [2.24, 2.45) is 5.73 Å². The predicted octanol–water partition coefficient (Wildman–Crippen LogP) is -0.107. The van der Waals surface area contributed by atoms with Gasteiger partial charge in [-0.15, -0.1) is 0 Å². The standard InChI is InChI=1S/C10H22N2O3/c1-3-5-12-9(10(11)13)8-15-7-6-14-4-2/h9,12H,3-8H2,1-2H3,(H2,11,13). The van der Waals surface area contributed by atoms with E-state index >= 15 is 0 Å². The normalized spacial score (nSPS) is 12.7. The first-order valence-electron chi connectivity index (χ1n) is 5.40. The molecule has 5 nitrogen and oxygen atoms in total. The second-order valence-electron chi connectivity index (χ2n) is 3.18. The Morgan fingerprint density at radius 3 is 2.53 bits per heavy atom. The largest absolute Gasteiger partial charge is 0.379 e. The number of primary amides is 1. The van der Waals surface area contributed by atoms with E-state index in [0.717, 1.165) is 13.0 Å². The van der Waals surface area contributed by atoms with Gasteiger partial charge in [0.15, 0.2) is 0 Å². The van der Waals surface area contributed by atoms with Gasteiger partial charge in [0.25, 0.3) is 0 Å². The molecule has 15 heavy (non-hydrogen) atoms. The van der Waals surface area contributed by atoms with E-state index in [1.165, 1.54) is 0 Å². The maximum absolute atomic E-state index is 11.0. The van der Waals surface area contributed by atoms with Gasteiger partial charge < -0.3 is 20.5 Å². The molecule has 0 fully saturated rings. The van der Waals surface area contributed by atoms with Crippen molar-refractivity contribution in [1.29, 1.82) is 0 Å². The Balaban J connectivity index is 3.53. The van der Waals surface area contributed by atoms with Crippen molar-refractivity contribution in [3.63, 3.8) is 0 Å². The number of carbonyl (C=O) groups excluding carboxylic acids is 1. The zero-order chi connectivity index (χ0) is 11.5. The Kier molecular flexibility index (Phi) is 9.46. The van der Waals surface area contributed by atoms with E-state index in [-0.39, 0.29) is 5.91 Å². The zero-order valence-corrected chi connectivity index (χ0v) is 9.62. The average molecular weight is 218 g/mol. The molecule has 0 saturated carbocycles. The van der Waals surface area contributed by atoms with Crippen LogP contribution in [0.25, 0.3) is 0 Å². The van der Waals surface area contributed by atoms with Crippen LogP contribution in [0.4, 0.5) is 0 Å². The SMILES string of the molecule is CCCNC(COCCOCC)C(N)=O. The monoisotopic (exact) mass is 218 g/mol. The van der Waals surface area contributed by atoms with Crippen molar-refractivity contribution >= 4 is 5.91 Å². The number of ether oxygens (including phenoxy) is 2. The molecule has 1 atom stereocenters. The molecule has 0 spiro atoms. The topological polar surface area (TPSA) is 73.6 Å². The zero-order valence-electron chi connectivity index (χ0n) is 9.62. The van der Waals surface area contributed by atoms with Crippen molar-refractivity contribution in [3.05, 3.63) is 0 Å². The molecule has 0 radical (unpaired) electrons. The summed E-state index contributed by atoms with van der Waals surface area (Å²) < 4.78 is 10.4. The van der Waals surface area contributed by atoms with Crippen LogP contribution in [0.5, 0.6) is 0 Å². The van der Waals surface area contributed by atoms with Crippen molar-refractivity contribution < 1.29 is 14.3 Å². The van der Waals surface area contributed by atoms with Crippen LogP contribution in [-0.2, 0) is 14.3 Å². The second kappa shape index (κ2) is 9.89. The van der Waals surface area contributed by atoms with Crippen LogP contribution >= 0.6 is 0 Å². The molecule has 3 N–H and O–H groups in total. The Bertz CT molecular complexity index is 165. The lowest BCUT2D eigenvalue weighted by Gasteiger charge is -2.14. The molecule has 5 heteroatoms. The van der Waals surface area contributed by atoms with Gasteiger partial charge in [-0.05, 0) is 19.9 Å². The highest BCUT2D eigenvalue weighted by molar-refractivity contribution is 5.79. The van der Waals surface area contributed by atoms with Crippen molar-refractivity contribution in [2.45, 2.75) is 26.3 Å². The minimum absolute atomic E-state index is 0.308. The van der Waals surface area contributed by atoms with Crippen LogP contribution in [0.15, 0.2) is 0 Å². The number of hydrogen-bond acceptors (Lipinski definition) is 4. The molecule has 0 aliphatic heterocycles. The van der Waals surface area contributed by atoms with E-state index in [0.29, 0.717) is 26.4 Å². The first kappa shape index (κ1) is 14.3. The highest BCUT2D eigenvalue weighted by Crippen LogP contribution is 1.87. The number of nitrogens with one attached hydrogen (secondary N) is 1. The molecular formula is C10H22N2O3. The Hall–Kier alpha value is -0.650. The summed E-state index contributed by atoms with van der Waals surface area (Å²) in [6.45, 7) is 6.75. The number of carbonyl (C=O) groups is 1. The molecule has 0 bridgehead atoms. The molecule has 0 aromatic carbocycles. The van der Waals surface area contributed by atoms with Gasteiger partial charge >= 0.3 is 0 Å². The average Bonchev–Trinajstić information content (AvgIpc) is 2.21. The van der Waals surface area contributed by atoms with Gasteiger partial charge in [0.05, 0.1) is 19.8 Å². The molecule has 0 heterocycles. The molecule has 0 aromatic rings. The van der Waals surface area contributed by atoms with Gasteiger partial charge in [0.2, 0.25) is 5.91 Å². The minimum atomic E-state index is -0.397.